The van der Waals surface area contributed by atoms with E-state index in [1.165, 1.54) is 96.3 Å². The Morgan fingerprint density at radius 3 is 1.64 bits per heavy atom. The highest BCUT2D eigenvalue weighted by Crippen LogP contribution is 2.43. The summed E-state index contributed by atoms with van der Waals surface area (Å²) in [5, 5.41) is 0. The molecule has 0 aliphatic heterocycles. The molecule has 290 valence electrons. The molecule has 0 amide bonds. The van der Waals surface area contributed by atoms with Crippen LogP contribution in [-0.4, -0.2) is 43.3 Å². The molecule has 0 aliphatic rings. The van der Waals surface area contributed by atoms with Crippen molar-refractivity contribution in [1.82, 2.24) is 0 Å². The van der Waals surface area contributed by atoms with Crippen LogP contribution in [0.2, 0.25) is 0 Å². The molecule has 8 nitrogen and oxygen atoms in total. The SMILES string of the molecule is CCCCC/C=C\C/C=C\C/C=C\C/C=C\CCCC(=O)OC[C@H](COP(=O)(O)OCCN)O/C=C\CCCCCCCCCCCCCC. The molecule has 0 saturated carbocycles. The van der Waals surface area contributed by atoms with Crippen molar-refractivity contribution in [1.29, 1.82) is 0 Å². The number of rotatable bonds is 37. The Kier molecular flexibility index (Phi) is 36.8. The molecule has 0 aromatic rings. The predicted octanol–water partition coefficient (Wildman–Crippen LogP) is 11.8. The minimum atomic E-state index is -4.28. The highest BCUT2D eigenvalue weighted by atomic mass is 31.2. The normalized spacial score (nSPS) is 14.2. The average Bonchev–Trinajstić information content (AvgIpc) is 3.11. The monoisotopic (exact) mass is 724 g/mol. The molecule has 0 aliphatic carbocycles. The zero-order chi connectivity index (χ0) is 36.6. The molecule has 1 unspecified atom stereocenters. The van der Waals surface area contributed by atoms with Gasteiger partial charge in [-0.05, 0) is 63.9 Å². The van der Waals surface area contributed by atoms with Gasteiger partial charge in [0, 0.05) is 13.0 Å². The summed E-state index contributed by atoms with van der Waals surface area (Å²) in [4.78, 5) is 22.2. The zero-order valence-corrected chi connectivity index (χ0v) is 32.8. The number of unbranched alkanes of at least 4 members (excludes halogenated alkanes) is 16. The van der Waals surface area contributed by atoms with Crippen molar-refractivity contribution in [2.45, 2.75) is 168 Å². The van der Waals surface area contributed by atoms with Crippen LogP contribution in [0, 0.1) is 0 Å². The molecule has 0 heterocycles. The van der Waals surface area contributed by atoms with Crippen molar-refractivity contribution in [3.8, 4) is 0 Å². The van der Waals surface area contributed by atoms with E-state index >= 15 is 0 Å². The number of phosphoric ester groups is 1. The summed E-state index contributed by atoms with van der Waals surface area (Å²) in [6, 6.07) is 0. The van der Waals surface area contributed by atoms with Gasteiger partial charge in [-0.3, -0.25) is 13.8 Å². The molecule has 0 saturated heterocycles. The van der Waals surface area contributed by atoms with Gasteiger partial charge >= 0.3 is 13.8 Å². The van der Waals surface area contributed by atoms with Crippen molar-refractivity contribution < 1.29 is 32.8 Å². The largest absolute Gasteiger partial charge is 0.492 e. The topological polar surface area (TPSA) is 117 Å². The van der Waals surface area contributed by atoms with E-state index in [0.29, 0.717) is 6.42 Å². The lowest BCUT2D eigenvalue weighted by molar-refractivity contribution is -0.147. The van der Waals surface area contributed by atoms with Crippen LogP contribution in [0.1, 0.15) is 162 Å². The lowest BCUT2D eigenvalue weighted by Crippen LogP contribution is -2.25. The molecule has 0 aromatic carbocycles. The summed E-state index contributed by atoms with van der Waals surface area (Å²) in [6.07, 6.45) is 46.2. The second kappa shape index (κ2) is 38.3. The van der Waals surface area contributed by atoms with Crippen LogP contribution in [0.3, 0.4) is 0 Å². The molecule has 50 heavy (non-hydrogen) atoms. The van der Waals surface area contributed by atoms with Gasteiger partial charge in [-0.25, -0.2) is 4.57 Å². The molecule has 9 heteroatoms. The van der Waals surface area contributed by atoms with Gasteiger partial charge in [-0.1, -0.05) is 146 Å². The van der Waals surface area contributed by atoms with E-state index in [1.807, 2.05) is 6.08 Å². The number of carbonyl (C=O) groups excluding carboxylic acids is 1. The fourth-order valence-corrected chi connectivity index (χ4v) is 5.80. The predicted molar refractivity (Wildman–Crippen MR) is 210 cm³/mol. The van der Waals surface area contributed by atoms with Crippen LogP contribution in [0.5, 0.6) is 0 Å². The standard InChI is InChI=1S/C41H74NO7P/c1-3-5-7-9-11-13-15-17-19-20-21-22-24-26-28-30-32-34-41(43)47-38-40(39-49-50(44,45)48-37-35-42)46-36-33-31-29-27-25-23-18-16-14-12-10-8-6-4-2/h11,13,17,19,21-22,26,28,33,36,40H,3-10,12,14-16,18,20,23-25,27,29-32,34-35,37-39,42H2,1-2H3,(H,44,45)/b13-11-,19-17-,22-21-,28-26-,36-33-/t40-/m1/s1. The number of allylic oxidation sites excluding steroid dienone is 9. The van der Waals surface area contributed by atoms with Crippen molar-refractivity contribution in [3.63, 3.8) is 0 Å². The first kappa shape index (κ1) is 48.0. The van der Waals surface area contributed by atoms with E-state index < -0.39 is 13.9 Å². The van der Waals surface area contributed by atoms with Gasteiger partial charge in [0.05, 0.1) is 19.5 Å². The molecule has 2 atom stereocenters. The molecular weight excluding hydrogens is 649 g/mol. The van der Waals surface area contributed by atoms with E-state index in [2.05, 4.69) is 62.5 Å². The minimum absolute atomic E-state index is 0.0916. The summed E-state index contributed by atoms with van der Waals surface area (Å²) >= 11 is 0. The van der Waals surface area contributed by atoms with E-state index in [1.54, 1.807) is 6.26 Å². The quantitative estimate of drug-likeness (QED) is 0.0214. The van der Waals surface area contributed by atoms with E-state index in [9.17, 15) is 14.3 Å². The van der Waals surface area contributed by atoms with Gasteiger partial charge in [-0.2, -0.15) is 0 Å². The van der Waals surface area contributed by atoms with E-state index in [-0.39, 0.29) is 38.8 Å². The summed E-state index contributed by atoms with van der Waals surface area (Å²) in [7, 11) is -4.28. The van der Waals surface area contributed by atoms with E-state index in [4.69, 9.17) is 24.3 Å². The Balaban J connectivity index is 4.23. The second-order valence-corrected chi connectivity index (χ2v) is 14.3. The van der Waals surface area contributed by atoms with Crippen molar-refractivity contribution >= 4 is 13.8 Å². The number of carbonyl (C=O) groups is 1. The first-order valence-corrected chi connectivity index (χ1v) is 21.3. The Morgan fingerprint density at radius 2 is 1.08 bits per heavy atom. The van der Waals surface area contributed by atoms with Crippen molar-refractivity contribution in [3.05, 3.63) is 60.9 Å². The number of hydrogen-bond donors (Lipinski definition) is 2. The number of ether oxygens (including phenoxy) is 2. The Bertz CT molecular complexity index is 947. The third kappa shape index (κ3) is 37.3. The summed E-state index contributed by atoms with van der Waals surface area (Å²) in [6.45, 7) is 4.11. The van der Waals surface area contributed by atoms with Gasteiger partial charge in [0.1, 0.15) is 6.61 Å². The summed E-state index contributed by atoms with van der Waals surface area (Å²) < 4.78 is 33.0. The Morgan fingerprint density at radius 1 is 0.620 bits per heavy atom. The molecule has 3 N–H and O–H groups in total. The summed E-state index contributed by atoms with van der Waals surface area (Å²) in [5.41, 5.74) is 5.35. The van der Waals surface area contributed by atoms with Crippen molar-refractivity contribution in [2.75, 3.05) is 26.4 Å². The molecule has 0 aromatic heterocycles. The fourth-order valence-electron chi connectivity index (χ4n) is 5.03. The minimum Gasteiger partial charge on any atom is -0.492 e. The number of phosphoric acid groups is 1. The van der Waals surface area contributed by atoms with Crippen LogP contribution in [0.15, 0.2) is 60.9 Å². The first-order chi connectivity index (χ1) is 24.4. The molecule has 0 rings (SSSR count). The maximum atomic E-state index is 12.3. The second-order valence-electron chi connectivity index (χ2n) is 12.9. The lowest BCUT2D eigenvalue weighted by Gasteiger charge is -2.19. The molecule has 0 bridgehead atoms. The van der Waals surface area contributed by atoms with Crippen LogP contribution in [-0.2, 0) is 27.9 Å². The highest BCUT2D eigenvalue weighted by Gasteiger charge is 2.24. The number of hydrogen-bond acceptors (Lipinski definition) is 7. The van der Waals surface area contributed by atoms with Crippen LogP contribution >= 0.6 is 7.82 Å². The van der Waals surface area contributed by atoms with Crippen LogP contribution in [0.4, 0.5) is 0 Å². The Labute approximate surface area is 306 Å². The van der Waals surface area contributed by atoms with Crippen LogP contribution < -0.4 is 5.73 Å². The highest BCUT2D eigenvalue weighted by molar-refractivity contribution is 7.47. The third-order valence-electron chi connectivity index (χ3n) is 8.03. The Hall–Kier alpha value is -1.96. The average molecular weight is 724 g/mol. The van der Waals surface area contributed by atoms with Crippen molar-refractivity contribution in [2.24, 2.45) is 5.73 Å². The van der Waals surface area contributed by atoms with Gasteiger partial charge in [0.2, 0.25) is 0 Å². The first-order valence-electron chi connectivity index (χ1n) is 19.8. The number of nitrogens with two attached hydrogens (primary N) is 1. The third-order valence-corrected chi connectivity index (χ3v) is 9.01. The molecular formula is C41H74NO7P. The van der Waals surface area contributed by atoms with Crippen LogP contribution in [0.25, 0.3) is 0 Å². The summed E-state index contributed by atoms with van der Waals surface area (Å²) in [5.74, 6) is -0.346. The van der Waals surface area contributed by atoms with Gasteiger partial charge in [-0.15, -0.1) is 0 Å². The van der Waals surface area contributed by atoms with Gasteiger partial charge in [0.25, 0.3) is 0 Å². The zero-order valence-electron chi connectivity index (χ0n) is 31.9. The molecule has 0 spiro atoms. The van der Waals surface area contributed by atoms with Gasteiger partial charge < -0.3 is 20.1 Å². The number of esters is 1. The smallest absolute Gasteiger partial charge is 0.472 e. The molecule has 0 radical (unpaired) electrons. The van der Waals surface area contributed by atoms with E-state index in [0.717, 1.165) is 38.5 Å². The van der Waals surface area contributed by atoms with Gasteiger partial charge in [0.15, 0.2) is 6.10 Å². The maximum Gasteiger partial charge on any atom is 0.472 e. The maximum absolute atomic E-state index is 12.3. The lowest BCUT2D eigenvalue weighted by atomic mass is 10.0. The molecule has 0 fully saturated rings. The fraction of sp³-hybridized carbons (Fsp3) is 0.732.